The molecule has 1 rings (SSSR count). The van der Waals surface area contributed by atoms with Gasteiger partial charge < -0.3 is 10.2 Å². The van der Waals surface area contributed by atoms with Gasteiger partial charge in [-0.25, -0.2) is 0 Å². The van der Waals surface area contributed by atoms with Crippen molar-refractivity contribution in [3.8, 4) is 11.8 Å². The molecule has 2 N–H and O–H groups in total. The molecule has 0 aliphatic carbocycles. The fourth-order valence-electron chi connectivity index (χ4n) is 1.19. The zero-order valence-corrected chi connectivity index (χ0v) is 8.03. The van der Waals surface area contributed by atoms with Crippen molar-refractivity contribution in [2.75, 3.05) is 13.2 Å². The maximum absolute atomic E-state index is 8.83. The summed E-state index contributed by atoms with van der Waals surface area (Å²) in [6.45, 7) is 0.230. The molecule has 2 heteroatoms. The lowest BCUT2D eigenvalue weighted by Crippen LogP contribution is -1.93. The molecular formula is C12H14O2. The minimum atomic E-state index is 0.0924. The van der Waals surface area contributed by atoms with Crippen LogP contribution in [0.1, 0.15) is 17.5 Å². The van der Waals surface area contributed by atoms with E-state index in [2.05, 4.69) is 11.8 Å². The Hall–Kier alpha value is -1.30. The predicted octanol–water partition coefficient (Wildman–Crippen LogP) is 0.955. The van der Waals surface area contributed by atoms with Crippen LogP contribution in [-0.2, 0) is 6.42 Å². The molecule has 0 heterocycles. The molecular weight excluding hydrogens is 176 g/mol. The Morgan fingerprint density at radius 3 is 2.57 bits per heavy atom. The van der Waals surface area contributed by atoms with Crippen molar-refractivity contribution < 1.29 is 10.2 Å². The van der Waals surface area contributed by atoms with E-state index in [1.807, 2.05) is 24.3 Å². The fraction of sp³-hybridized carbons (Fsp3) is 0.333. The summed E-state index contributed by atoms with van der Waals surface area (Å²) >= 11 is 0. The maximum Gasteiger partial charge on any atom is 0.0540 e. The summed E-state index contributed by atoms with van der Waals surface area (Å²) in [7, 11) is 0. The highest BCUT2D eigenvalue weighted by Gasteiger charge is 1.96. The van der Waals surface area contributed by atoms with Crippen LogP contribution >= 0.6 is 0 Å². The van der Waals surface area contributed by atoms with Crippen molar-refractivity contribution in [3.63, 3.8) is 0 Å². The van der Waals surface area contributed by atoms with Crippen molar-refractivity contribution >= 4 is 0 Å². The molecule has 0 saturated carbocycles. The predicted molar refractivity (Wildman–Crippen MR) is 55.8 cm³/mol. The molecule has 74 valence electrons. The third-order valence-electron chi connectivity index (χ3n) is 1.86. The molecule has 0 atom stereocenters. The molecule has 0 unspecified atom stereocenters. The standard InChI is InChI=1S/C12H14O2/c13-9-4-3-7-11-5-1-2-6-12(11)8-10-14/h1-2,5-6,13-14H,4,8-10H2. The third-order valence-corrected chi connectivity index (χ3v) is 1.86. The quantitative estimate of drug-likeness (QED) is 0.697. The van der Waals surface area contributed by atoms with Crippen LogP contribution in [0.25, 0.3) is 0 Å². The van der Waals surface area contributed by atoms with E-state index in [9.17, 15) is 0 Å². The molecule has 0 spiro atoms. The van der Waals surface area contributed by atoms with Crippen molar-refractivity contribution in [1.82, 2.24) is 0 Å². The van der Waals surface area contributed by atoms with E-state index in [1.54, 1.807) is 0 Å². The number of aliphatic hydroxyl groups is 2. The Kier molecular flexibility index (Phi) is 4.77. The summed E-state index contributed by atoms with van der Waals surface area (Å²) in [5.74, 6) is 5.85. The minimum Gasteiger partial charge on any atom is -0.396 e. The first-order chi connectivity index (χ1) is 6.88. The van der Waals surface area contributed by atoms with E-state index >= 15 is 0 Å². The summed E-state index contributed by atoms with van der Waals surface area (Å²) in [6, 6.07) is 7.74. The molecule has 1 aromatic carbocycles. The average Bonchev–Trinajstić information content (AvgIpc) is 2.21. The Balaban J connectivity index is 2.80. The van der Waals surface area contributed by atoms with Gasteiger partial charge in [0.05, 0.1) is 6.61 Å². The second-order valence-electron chi connectivity index (χ2n) is 2.91. The minimum absolute atomic E-state index is 0.0924. The smallest absolute Gasteiger partial charge is 0.0540 e. The van der Waals surface area contributed by atoms with Crippen LogP contribution in [0.4, 0.5) is 0 Å². The van der Waals surface area contributed by atoms with Gasteiger partial charge in [-0.2, -0.15) is 0 Å². The van der Waals surface area contributed by atoms with Crippen LogP contribution < -0.4 is 0 Å². The van der Waals surface area contributed by atoms with E-state index in [-0.39, 0.29) is 13.2 Å². The zero-order chi connectivity index (χ0) is 10.2. The molecule has 0 bridgehead atoms. The number of hydrogen-bond donors (Lipinski definition) is 2. The van der Waals surface area contributed by atoms with Gasteiger partial charge in [0.15, 0.2) is 0 Å². The lowest BCUT2D eigenvalue weighted by atomic mass is 10.1. The average molecular weight is 190 g/mol. The lowest BCUT2D eigenvalue weighted by molar-refractivity contribution is 0.299. The van der Waals surface area contributed by atoms with Gasteiger partial charge in [-0.1, -0.05) is 30.0 Å². The van der Waals surface area contributed by atoms with Gasteiger partial charge in [-0.3, -0.25) is 0 Å². The van der Waals surface area contributed by atoms with E-state index in [0.717, 1.165) is 11.1 Å². The molecule has 0 fully saturated rings. The van der Waals surface area contributed by atoms with Crippen LogP contribution in [0.5, 0.6) is 0 Å². The van der Waals surface area contributed by atoms with E-state index in [1.165, 1.54) is 0 Å². The van der Waals surface area contributed by atoms with Gasteiger partial charge in [0, 0.05) is 18.6 Å². The highest BCUT2D eigenvalue weighted by atomic mass is 16.3. The Morgan fingerprint density at radius 2 is 1.86 bits per heavy atom. The Morgan fingerprint density at radius 1 is 1.07 bits per heavy atom. The molecule has 0 radical (unpaired) electrons. The Bertz CT molecular complexity index is 334. The van der Waals surface area contributed by atoms with E-state index in [4.69, 9.17) is 10.2 Å². The van der Waals surface area contributed by atoms with Crippen molar-refractivity contribution in [2.24, 2.45) is 0 Å². The lowest BCUT2D eigenvalue weighted by Gasteiger charge is -2.00. The monoisotopic (exact) mass is 190 g/mol. The molecule has 2 nitrogen and oxygen atoms in total. The maximum atomic E-state index is 8.83. The Labute approximate surface area is 84.2 Å². The molecule has 0 aromatic heterocycles. The highest BCUT2D eigenvalue weighted by molar-refractivity contribution is 5.41. The van der Waals surface area contributed by atoms with Crippen LogP contribution in [0.2, 0.25) is 0 Å². The summed E-state index contributed by atoms with van der Waals surface area (Å²) in [6.07, 6.45) is 1.12. The third kappa shape index (κ3) is 3.21. The first-order valence-corrected chi connectivity index (χ1v) is 4.67. The molecule has 0 aliphatic rings. The normalized spacial score (nSPS) is 9.29. The van der Waals surface area contributed by atoms with Crippen molar-refractivity contribution in [1.29, 1.82) is 0 Å². The number of rotatable bonds is 3. The van der Waals surface area contributed by atoms with Crippen LogP contribution in [0.15, 0.2) is 24.3 Å². The number of hydrogen-bond acceptors (Lipinski definition) is 2. The SMILES string of the molecule is OCCC#Cc1ccccc1CCO. The summed E-state index contributed by atoms with van der Waals surface area (Å²) in [5.41, 5.74) is 2.00. The number of benzene rings is 1. The van der Waals surface area contributed by atoms with E-state index < -0.39 is 0 Å². The molecule has 1 aromatic rings. The van der Waals surface area contributed by atoms with Crippen LogP contribution in [0.3, 0.4) is 0 Å². The van der Waals surface area contributed by atoms with Crippen LogP contribution in [-0.4, -0.2) is 23.4 Å². The number of aliphatic hydroxyl groups excluding tert-OH is 2. The second-order valence-corrected chi connectivity index (χ2v) is 2.91. The first-order valence-electron chi connectivity index (χ1n) is 4.67. The van der Waals surface area contributed by atoms with Gasteiger partial charge in [0.2, 0.25) is 0 Å². The largest absolute Gasteiger partial charge is 0.396 e. The fourth-order valence-corrected chi connectivity index (χ4v) is 1.19. The first kappa shape index (κ1) is 10.8. The highest BCUT2D eigenvalue weighted by Crippen LogP contribution is 2.07. The summed E-state index contributed by atoms with van der Waals surface area (Å²) in [4.78, 5) is 0. The zero-order valence-electron chi connectivity index (χ0n) is 8.03. The van der Waals surface area contributed by atoms with Gasteiger partial charge in [0.1, 0.15) is 0 Å². The van der Waals surface area contributed by atoms with Gasteiger partial charge >= 0.3 is 0 Å². The van der Waals surface area contributed by atoms with Crippen molar-refractivity contribution in [2.45, 2.75) is 12.8 Å². The summed E-state index contributed by atoms with van der Waals surface area (Å²) in [5, 5.41) is 17.4. The van der Waals surface area contributed by atoms with Gasteiger partial charge in [-0.05, 0) is 18.1 Å². The molecule has 0 saturated heterocycles. The van der Waals surface area contributed by atoms with Crippen LogP contribution in [0, 0.1) is 11.8 Å². The molecule has 0 aliphatic heterocycles. The molecule has 0 amide bonds. The van der Waals surface area contributed by atoms with Gasteiger partial charge in [0.25, 0.3) is 0 Å². The topological polar surface area (TPSA) is 40.5 Å². The van der Waals surface area contributed by atoms with E-state index in [0.29, 0.717) is 12.8 Å². The molecule has 14 heavy (non-hydrogen) atoms. The van der Waals surface area contributed by atoms with Gasteiger partial charge in [-0.15, -0.1) is 0 Å². The van der Waals surface area contributed by atoms with Crippen molar-refractivity contribution in [3.05, 3.63) is 35.4 Å². The summed E-state index contributed by atoms with van der Waals surface area (Å²) < 4.78 is 0. The second kappa shape index (κ2) is 6.20.